The van der Waals surface area contributed by atoms with E-state index >= 15 is 0 Å². The summed E-state index contributed by atoms with van der Waals surface area (Å²) >= 11 is 0. The summed E-state index contributed by atoms with van der Waals surface area (Å²) in [6.45, 7) is 2.01. The minimum absolute atomic E-state index is 0.288. The molecule has 0 saturated carbocycles. The normalized spacial score (nSPS) is 16.2. The van der Waals surface area contributed by atoms with Crippen molar-refractivity contribution in [2.45, 2.75) is 18.7 Å². The Kier molecular flexibility index (Phi) is 6.51. The molecule has 0 bridgehead atoms. The second kappa shape index (κ2) is 9.48. The molecule has 6 nitrogen and oxygen atoms in total. The van der Waals surface area contributed by atoms with Gasteiger partial charge in [0.25, 0.3) is 0 Å². The molecule has 4 rings (SSSR count). The molecule has 1 saturated heterocycles. The van der Waals surface area contributed by atoms with Gasteiger partial charge in [-0.05, 0) is 56.1 Å². The molecule has 0 aliphatic carbocycles. The van der Waals surface area contributed by atoms with Crippen LogP contribution >= 0.6 is 0 Å². The van der Waals surface area contributed by atoms with E-state index in [-0.39, 0.29) is 11.5 Å². The zero-order valence-electron chi connectivity index (χ0n) is 18.3. The molecule has 1 unspecified atom stereocenters. The first-order valence-corrected chi connectivity index (χ1v) is 10.6. The zero-order valence-corrected chi connectivity index (χ0v) is 18.3. The highest BCUT2D eigenvalue weighted by atomic mass is 19.1. The van der Waals surface area contributed by atoms with Crippen molar-refractivity contribution >= 4 is 24.4 Å². The van der Waals surface area contributed by atoms with Crippen molar-refractivity contribution in [1.82, 2.24) is 14.9 Å². The van der Waals surface area contributed by atoms with Gasteiger partial charge in [-0.3, -0.25) is 10.4 Å². The number of hydrogen-bond donors (Lipinski definition) is 2. The highest BCUT2D eigenvalue weighted by Gasteiger charge is 2.25. The lowest BCUT2D eigenvalue weighted by Crippen LogP contribution is -2.32. The van der Waals surface area contributed by atoms with Crippen molar-refractivity contribution in [2.75, 3.05) is 33.0 Å². The number of benzene rings is 2. The van der Waals surface area contributed by atoms with Gasteiger partial charge in [-0.2, -0.15) is 0 Å². The van der Waals surface area contributed by atoms with Gasteiger partial charge in [0.2, 0.25) is 0 Å². The summed E-state index contributed by atoms with van der Waals surface area (Å²) in [6, 6.07) is 12.1. The Morgan fingerprint density at radius 3 is 2.72 bits per heavy atom. The summed E-state index contributed by atoms with van der Waals surface area (Å²) in [7, 11) is 5.79. The van der Waals surface area contributed by atoms with E-state index in [0.717, 1.165) is 36.2 Å². The molecule has 1 aliphatic heterocycles. The van der Waals surface area contributed by atoms with Gasteiger partial charge in [0.1, 0.15) is 23.7 Å². The molecule has 8 heteroatoms. The number of nitrogens with two attached hydrogens (primary N) is 1. The van der Waals surface area contributed by atoms with Crippen molar-refractivity contribution in [1.29, 1.82) is 5.41 Å². The molecule has 0 amide bonds. The van der Waals surface area contributed by atoms with E-state index in [2.05, 4.69) is 29.2 Å². The van der Waals surface area contributed by atoms with Gasteiger partial charge >= 0.3 is 0 Å². The SMILES string of the molecule is COc1ccc(F)cc1Cc1ccc(C(=N)c2c(N)ncnc2[B]C2CCN(C)C2)cc1. The lowest BCUT2D eigenvalue weighted by Gasteiger charge is -2.15. The van der Waals surface area contributed by atoms with Crippen LogP contribution in [-0.2, 0) is 6.42 Å². The fourth-order valence-corrected chi connectivity index (χ4v) is 4.16. The van der Waals surface area contributed by atoms with Crippen molar-refractivity contribution in [3.05, 3.63) is 76.9 Å². The molecule has 2 heterocycles. The maximum Gasteiger partial charge on any atom is 0.183 e. The highest BCUT2D eigenvalue weighted by Crippen LogP contribution is 2.24. The number of ether oxygens (including phenoxy) is 1. The van der Waals surface area contributed by atoms with E-state index in [9.17, 15) is 4.39 Å². The molecule has 1 radical (unpaired) electrons. The summed E-state index contributed by atoms with van der Waals surface area (Å²) in [6.07, 6.45) is 3.04. The van der Waals surface area contributed by atoms with Crippen molar-refractivity contribution in [2.24, 2.45) is 0 Å². The second-order valence-corrected chi connectivity index (χ2v) is 8.20. The summed E-state index contributed by atoms with van der Waals surface area (Å²) in [5.74, 6) is 1.03. The largest absolute Gasteiger partial charge is 0.496 e. The van der Waals surface area contributed by atoms with Gasteiger partial charge in [0.15, 0.2) is 7.28 Å². The number of hydrogen-bond acceptors (Lipinski definition) is 6. The van der Waals surface area contributed by atoms with Crippen LogP contribution in [-0.4, -0.2) is 55.1 Å². The predicted molar refractivity (Wildman–Crippen MR) is 126 cm³/mol. The third-order valence-electron chi connectivity index (χ3n) is 5.86. The van der Waals surface area contributed by atoms with E-state index in [1.165, 1.54) is 18.5 Å². The van der Waals surface area contributed by atoms with E-state index in [4.69, 9.17) is 15.9 Å². The zero-order chi connectivity index (χ0) is 22.7. The maximum absolute atomic E-state index is 13.7. The lowest BCUT2D eigenvalue weighted by molar-refractivity contribution is 0.409. The molecule has 3 N–H and O–H groups in total. The molecular formula is C24H26BFN5O. The molecule has 1 atom stereocenters. The number of anilines is 1. The minimum Gasteiger partial charge on any atom is -0.496 e. The van der Waals surface area contributed by atoms with Gasteiger partial charge in [0.05, 0.1) is 18.4 Å². The Balaban J connectivity index is 1.55. The first-order chi connectivity index (χ1) is 15.4. The van der Waals surface area contributed by atoms with Crippen LogP contribution in [0, 0.1) is 11.2 Å². The summed E-state index contributed by atoms with van der Waals surface area (Å²) < 4.78 is 19.0. The second-order valence-electron chi connectivity index (χ2n) is 8.20. The standard InChI is InChI=1S/C24H26BFN5O/c1-31-10-9-18(13-31)25-23-21(24(28)30-14-29-23)22(27)16-5-3-15(4-6-16)11-17-12-19(26)7-8-20(17)32-2/h3-8,12,14,18,27H,9-11,13H2,1-2H3,(H2,28,29,30). The molecule has 1 fully saturated rings. The van der Waals surface area contributed by atoms with Gasteiger partial charge in [-0.1, -0.05) is 24.3 Å². The van der Waals surface area contributed by atoms with Crippen LogP contribution in [0.4, 0.5) is 10.2 Å². The van der Waals surface area contributed by atoms with Gasteiger partial charge in [0, 0.05) is 23.1 Å². The monoisotopic (exact) mass is 430 g/mol. The Labute approximate surface area is 188 Å². The van der Waals surface area contributed by atoms with Crippen LogP contribution in [0.15, 0.2) is 48.8 Å². The van der Waals surface area contributed by atoms with E-state index in [1.807, 2.05) is 24.3 Å². The van der Waals surface area contributed by atoms with Crippen LogP contribution in [0.1, 0.15) is 28.7 Å². The number of methoxy groups -OCH3 is 1. The summed E-state index contributed by atoms with van der Waals surface area (Å²) in [5.41, 5.74) is 10.2. The number of nitrogens with zero attached hydrogens (tertiary/aromatic N) is 3. The Hall–Kier alpha value is -3.26. The van der Waals surface area contributed by atoms with Crippen LogP contribution in [0.3, 0.4) is 0 Å². The molecule has 32 heavy (non-hydrogen) atoms. The number of likely N-dealkylation sites (tertiary alicyclic amines) is 1. The predicted octanol–water partition coefficient (Wildman–Crippen LogP) is 2.67. The third kappa shape index (κ3) is 4.80. The van der Waals surface area contributed by atoms with Crippen molar-refractivity contribution in [3.63, 3.8) is 0 Å². The number of nitrogen functional groups attached to an aromatic ring is 1. The quantitative estimate of drug-likeness (QED) is 0.445. The van der Waals surface area contributed by atoms with Gasteiger partial charge in [-0.25, -0.2) is 9.37 Å². The summed E-state index contributed by atoms with van der Waals surface area (Å²) in [4.78, 5) is 10.8. The van der Waals surface area contributed by atoms with E-state index in [0.29, 0.717) is 35.0 Å². The number of rotatable bonds is 7. The first-order valence-electron chi connectivity index (χ1n) is 10.6. The van der Waals surface area contributed by atoms with E-state index < -0.39 is 0 Å². The lowest BCUT2D eigenvalue weighted by atomic mass is 9.59. The fourth-order valence-electron chi connectivity index (χ4n) is 4.16. The average molecular weight is 430 g/mol. The van der Waals surface area contributed by atoms with Crippen LogP contribution in [0.2, 0.25) is 5.82 Å². The van der Waals surface area contributed by atoms with Crippen molar-refractivity contribution in [3.8, 4) is 5.75 Å². The van der Waals surface area contributed by atoms with Crippen LogP contribution < -0.4 is 16.1 Å². The fraction of sp³-hybridized carbons (Fsp3) is 0.292. The van der Waals surface area contributed by atoms with Crippen LogP contribution in [0.25, 0.3) is 0 Å². The van der Waals surface area contributed by atoms with Crippen molar-refractivity contribution < 1.29 is 9.13 Å². The molecule has 1 aliphatic rings. The summed E-state index contributed by atoms with van der Waals surface area (Å²) in [5, 5.41) is 8.79. The Bertz CT molecular complexity index is 1120. The number of aromatic nitrogens is 2. The maximum atomic E-state index is 13.7. The molecule has 3 aromatic rings. The minimum atomic E-state index is -0.295. The van der Waals surface area contributed by atoms with E-state index in [1.54, 1.807) is 13.2 Å². The Morgan fingerprint density at radius 1 is 1.25 bits per heavy atom. The first kappa shape index (κ1) is 22.0. The average Bonchev–Trinajstić information content (AvgIpc) is 3.19. The van der Waals surface area contributed by atoms with Gasteiger partial charge in [-0.15, -0.1) is 0 Å². The number of nitrogens with one attached hydrogen (secondary N) is 1. The molecule has 0 spiro atoms. The molecule has 2 aromatic carbocycles. The highest BCUT2D eigenvalue weighted by molar-refractivity contribution is 6.56. The number of halogens is 1. The van der Waals surface area contributed by atoms with Crippen LogP contribution in [0.5, 0.6) is 5.75 Å². The smallest absolute Gasteiger partial charge is 0.183 e. The Morgan fingerprint density at radius 2 is 2.03 bits per heavy atom. The molecule has 163 valence electrons. The van der Waals surface area contributed by atoms with Gasteiger partial charge < -0.3 is 15.4 Å². The topological polar surface area (TPSA) is 88.1 Å². The molecular weight excluding hydrogens is 404 g/mol. The molecule has 1 aromatic heterocycles. The third-order valence-corrected chi connectivity index (χ3v) is 5.86.